The van der Waals surface area contributed by atoms with E-state index in [4.69, 9.17) is 3.07 Å². The predicted molar refractivity (Wildman–Crippen MR) is 87.2 cm³/mol. The maximum Gasteiger partial charge on any atom is 1.00 e. The third-order valence-corrected chi connectivity index (χ3v) is 11.2. The average molecular weight is 417 g/mol. The molecule has 0 bridgehead atoms. The monoisotopic (exact) mass is 418 g/mol. The largest absolute Gasteiger partial charge is 1.00 e. The summed E-state index contributed by atoms with van der Waals surface area (Å²) in [6.07, 6.45) is 11.7. The molecule has 0 radical (unpaired) electrons. The van der Waals surface area contributed by atoms with Crippen molar-refractivity contribution < 1.29 is 60.7 Å². The zero-order valence-electron chi connectivity index (χ0n) is 15.4. The zero-order valence-corrected chi connectivity index (χ0v) is 20.8. The van der Waals surface area contributed by atoms with Crippen LogP contribution >= 0.6 is 0 Å². The van der Waals surface area contributed by atoms with Crippen molar-refractivity contribution in [2.75, 3.05) is 0 Å². The Bertz CT molecular complexity index is 210. The first kappa shape index (κ1) is 24.2. The van der Waals surface area contributed by atoms with Crippen molar-refractivity contribution in [2.24, 2.45) is 0 Å². The standard InChI is InChI=1S/C8H16O2.2C4H9.K.Sn.2H/c1-2-3-4-5-6-7-8(9)10;2*1-3-4-2;;;;/h2-7H2,1H3,(H,9,10);2*1,3-4H2,2H3;;;;/q;;;2*+1;;-1/p-1. The Morgan fingerprint density at radius 1 is 0.850 bits per heavy atom. The smallest absolute Gasteiger partial charge is 1.00 e. The Kier molecular flexibility index (Phi) is 22.9. The van der Waals surface area contributed by atoms with E-state index in [2.05, 4.69) is 20.8 Å². The third-order valence-electron chi connectivity index (χ3n) is 3.54. The molecule has 116 valence electrons. The van der Waals surface area contributed by atoms with Gasteiger partial charge in [-0.2, -0.15) is 0 Å². The van der Waals surface area contributed by atoms with Crippen molar-refractivity contribution in [1.82, 2.24) is 0 Å². The second-order valence-corrected chi connectivity index (χ2v) is 13.1. The number of unbranched alkanes of at least 4 members (excludes halogenated alkanes) is 6. The summed E-state index contributed by atoms with van der Waals surface area (Å²) in [7, 11) is 0. The molecule has 0 aromatic carbocycles. The molecule has 0 aromatic rings. The van der Waals surface area contributed by atoms with Gasteiger partial charge in [-0.15, -0.1) is 0 Å². The molecule has 0 rings (SSSR count). The molecule has 0 aliphatic carbocycles. The van der Waals surface area contributed by atoms with Crippen LogP contribution in [0.1, 0.15) is 86.4 Å². The topological polar surface area (TPSA) is 26.3 Å². The molecule has 0 amide bonds. The molecule has 2 nitrogen and oxygen atoms in total. The number of hydrogen-bond acceptors (Lipinski definition) is 2. The second-order valence-electron chi connectivity index (χ2n) is 5.56. The van der Waals surface area contributed by atoms with Crippen LogP contribution in [0.25, 0.3) is 0 Å². The van der Waals surface area contributed by atoms with E-state index in [9.17, 15) is 4.79 Å². The van der Waals surface area contributed by atoms with Crippen LogP contribution in [-0.2, 0) is 7.87 Å². The predicted octanol–water partition coefficient (Wildman–Crippen LogP) is 2.33. The average Bonchev–Trinajstić information content (AvgIpc) is 2.41. The maximum absolute atomic E-state index is 11.8. The number of hydrogen-bond donors (Lipinski definition) is 0. The number of carbonyl (C=O) groups is 1. The van der Waals surface area contributed by atoms with Gasteiger partial charge < -0.3 is 1.43 Å². The van der Waals surface area contributed by atoms with Gasteiger partial charge in [0.25, 0.3) is 0 Å². The normalized spacial score (nSPS) is 10.4. The minimum absolute atomic E-state index is 0. The Labute approximate surface area is 178 Å². The van der Waals surface area contributed by atoms with Gasteiger partial charge in [-0.05, 0) is 0 Å². The van der Waals surface area contributed by atoms with Crippen molar-refractivity contribution in [2.45, 2.75) is 93.9 Å². The van der Waals surface area contributed by atoms with Crippen LogP contribution in [0, 0.1) is 0 Å². The van der Waals surface area contributed by atoms with Crippen LogP contribution in [-0.4, -0.2) is 26.1 Å². The van der Waals surface area contributed by atoms with Gasteiger partial charge in [-0.25, -0.2) is 0 Å². The van der Waals surface area contributed by atoms with E-state index in [1.807, 2.05) is 0 Å². The first-order chi connectivity index (χ1) is 9.24. The third kappa shape index (κ3) is 16.3. The SMILES string of the molecule is CCCCCCCC(=O)[O][SnH]([CH2]CCC)[CH2]CCC.[H-].[K+]. The summed E-state index contributed by atoms with van der Waals surface area (Å²) >= 11 is -1.96. The molecule has 0 aliphatic rings. The summed E-state index contributed by atoms with van der Waals surface area (Å²) in [5.41, 5.74) is 0. The molecule has 0 atom stereocenters. The molecule has 0 N–H and O–H groups in total. The van der Waals surface area contributed by atoms with Gasteiger partial charge in [0.2, 0.25) is 0 Å². The van der Waals surface area contributed by atoms with Gasteiger partial charge in [0.1, 0.15) is 0 Å². The van der Waals surface area contributed by atoms with Gasteiger partial charge >= 0.3 is 179 Å². The van der Waals surface area contributed by atoms with Crippen LogP contribution in [0.5, 0.6) is 0 Å². The van der Waals surface area contributed by atoms with Gasteiger partial charge in [-0.1, -0.05) is 0 Å². The van der Waals surface area contributed by atoms with Gasteiger partial charge in [0.05, 0.1) is 0 Å². The summed E-state index contributed by atoms with van der Waals surface area (Å²) < 4.78 is 8.33. The van der Waals surface area contributed by atoms with Crippen LogP contribution in [0.4, 0.5) is 0 Å². The Morgan fingerprint density at radius 2 is 1.35 bits per heavy atom. The van der Waals surface area contributed by atoms with Crippen molar-refractivity contribution in [1.29, 1.82) is 0 Å². The maximum atomic E-state index is 11.8. The first-order valence-corrected chi connectivity index (χ1v) is 14.4. The Balaban J connectivity index is -0.00000162. The fraction of sp³-hybridized carbons (Fsp3) is 0.938. The van der Waals surface area contributed by atoms with Crippen LogP contribution in [0.2, 0.25) is 8.87 Å². The van der Waals surface area contributed by atoms with Crippen molar-refractivity contribution in [3.63, 3.8) is 0 Å². The summed E-state index contributed by atoms with van der Waals surface area (Å²) in [6, 6.07) is 0. The summed E-state index contributed by atoms with van der Waals surface area (Å²) in [5, 5.41) is 0. The molecular weight excluding hydrogens is 382 g/mol. The molecule has 0 saturated heterocycles. The fourth-order valence-electron chi connectivity index (χ4n) is 2.24. The van der Waals surface area contributed by atoms with Gasteiger partial charge in [-0.3, -0.25) is 0 Å². The van der Waals surface area contributed by atoms with E-state index in [0.29, 0.717) is 6.42 Å². The molecule has 0 spiro atoms. The fourth-order valence-corrected chi connectivity index (χ4v) is 10.1. The summed E-state index contributed by atoms with van der Waals surface area (Å²) in [6.45, 7) is 6.66. The zero-order chi connectivity index (χ0) is 14.3. The van der Waals surface area contributed by atoms with E-state index >= 15 is 0 Å². The second kappa shape index (κ2) is 19.0. The van der Waals surface area contributed by atoms with Crippen molar-refractivity contribution >= 4 is 26.1 Å². The summed E-state index contributed by atoms with van der Waals surface area (Å²) in [5.74, 6) is 0.115. The number of rotatable bonds is 13. The van der Waals surface area contributed by atoms with E-state index in [0.717, 1.165) is 6.42 Å². The molecule has 0 aromatic heterocycles. The van der Waals surface area contributed by atoms with E-state index in [-0.39, 0.29) is 58.8 Å². The first-order valence-electron chi connectivity index (χ1n) is 8.44. The Morgan fingerprint density at radius 3 is 1.85 bits per heavy atom. The van der Waals surface area contributed by atoms with Gasteiger partial charge in [0, 0.05) is 0 Å². The molecule has 0 fully saturated rings. The Hall–Kier alpha value is 1.91. The number of carbonyl (C=O) groups excluding carboxylic acids is 1. The quantitative estimate of drug-likeness (QED) is 0.340. The van der Waals surface area contributed by atoms with Crippen molar-refractivity contribution in [3.05, 3.63) is 0 Å². The molecule has 0 unspecified atom stereocenters. The van der Waals surface area contributed by atoms with Crippen LogP contribution in [0.15, 0.2) is 0 Å². The van der Waals surface area contributed by atoms with Crippen LogP contribution in [0.3, 0.4) is 0 Å². The molecule has 20 heavy (non-hydrogen) atoms. The molecule has 0 aliphatic heterocycles. The van der Waals surface area contributed by atoms with Gasteiger partial charge in [0.15, 0.2) is 0 Å². The minimum atomic E-state index is -1.96. The van der Waals surface area contributed by atoms with E-state index < -0.39 is 20.2 Å². The van der Waals surface area contributed by atoms with E-state index in [1.54, 1.807) is 0 Å². The van der Waals surface area contributed by atoms with Crippen LogP contribution < -0.4 is 51.4 Å². The summed E-state index contributed by atoms with van der Waals surface area (Å²) in [4.78, 5) is 11.8. The van der Waals surface area contributed by atoms with Crippen molar-refractivity contribution in [3.8, 4) is 0 Å². The van der Waals surface area contributed by atoms with E-state index in [1.165, 1.54) is 60.2 Å². The molecule has 0 heterocycles. The molecular formula is C16H35KO2Sn. The molecule has 4 heteroatoms. The minimum Gasteiger partial charge on any atom is -1.00 e. The molecule has 0 saturated carbocycles.